The van der Waals surface area contributed by atoms with Gasteiger partial charge in [-0.3, -0.25) is 19.8 Å². The molecule has 0 aliphatic carbocycles. The third-order valence-electron chi connectivity index (χ3n) is 5.12. The van der Waals surface area contributed by atoms with Crippen LogP contribution in [0.25, 0.3) is 0 Å². The van der Waals surface area contributed by atoms with Crippen LogP contribution in [0.1, 0.15) is 23.4 Å². The van der Waals surface area contributed by atoms with E-state index in [9.17, 15) is 14.9 Å². The zero-order chi connectivity index (χ0) is 24.2. The largest absolute Gasteiger partial charge is 0.490 e. The Hall–Kier alpha value is -2.50. The number of nitrogens with zero attached hydrogens (tertiary/aromatic N) is 2. The number of hydrogen-bond donors (Lipinski definition) is 0. The van der Waals surface area contributed by atoms with Crippen molar-refractivity contribution in [3.05, 3.63) is 90.5 Å². The van der Waals surface area contributed by atoms with E-state index in [4.69, 9.17) is 21.1 Å². The first kappa shape index (κ1) is 24.6. The number of anilines is 1. The summed E-state index contributed by atoms with van der Waals surface area (Å²) in [5.41, 5.74) is 2.56. The molecule has 3 aromatic carbocycles. The van der Waals surface area contributed by atoms with Crippen molar-refractivity contribution in [2.75, 3.05) is 17.3 Å². The van der Waals surface area contributed by atoms with Crippen LogP contribution >= 0.6 is 46.0 Å². The summed E-state index contributed by atoms with van der Waals surface area (Å²) in [6, 6.07) is 17.4. The Morgan fingerprint density at radius 2 is 1.85 bits per heavy atom. The van der Waals surface area contributed by atoms with Crippen LogP contribution in [-0.2, 0) is 11.4 Å². The number of thioether (sulfide) groups is 1. The number of hydrogen-bond acceptors (Lipinski definition) is 6. The van der Waals surface area contributed by atoms with Gasteiger partial charge >= 0.3 is 0 Å². The topological polar surface area (TPSA) is 81.9 Å². The first-order valence-corrected chi connectivity index (χ1v) is 12.9. The molecule has 0 bridgehead atoms. The van der Waals surface area contributed by atoms with Crippen molar-refractivity contribution in [1.82, 2.24) is 0 Å². The van der Waals surface area contributed by atoms with E-state index in [1.54, 1.807) is 40.9 Å². The van der Waals surface area contributed by atoms with Crippen molar-refractivity contribution in [3.63, 3.8) is 0 Å². The van der Waals surface area contributed by atoms with Gasteiger partial charge in [0.2, 0.25) is 5.91 Å². The van der Waals surface area contributed by atoms with E-state index < -0.39 is 4.92 Å². The van der Waals surface area contributed by atoms with Gasteiger partial charge in [0.1, 0.15) is 12.0 Å². The van der Waals surface area contributed by atoms with Gasteiger partial charge in [-0.2, -0.15) is 0 Å². The van der Waals surface area contributed by atoms with Crippen molar-refractivity contribution in [1.29, 1.82) is 0 Å². The van der Waals surface area contributed by atoms with E-state index in [1.165, 1.54) is 12.1 Å². The van der Waals surface area contributed by atoms with E-state index in [0.717, 1.165) is 20.4 Å². The standard InChI is InChI=1S/C24H20ClIN2O5S/c1-2-32-21-12-16(24-27(22(29)14-34-24)18-9-5-17(25)6-10-18)11-20(26)23(21)33-13-15-3-7-19(8-4-15)28(30)31/h3-12,24H,2,13-14H2,1H3/t24-/m1/s1. The summed E-state index contributed by atoms with van der Waals surface area (Å²) in [6.07, 6.45) is 0. The fourth-order valence-electron chi connectivity index (χ4n) is 3.55. The molecule has 1 amide bonds. The van der Waals surface area contributed by atoms with Crippen LogP contribution in [0.2, 0.25) is 5.02 Å². The number of rotatable bonds is 8. The Balaban J connectivity index is 1.60. The monoisotopic (exact) mass is 610 g/mol. The van der Waals surface area contributed by atoms with Gasteiger partial charge in [0.15, 0.2) is 11.5 Å². The third kappa shape index (κ3) is 5.42. The lowest BCUT2D eigenvalue weighted by molar-refractivity contribution is -0.384. The Labute approximate surface area is 219 Å². The summed E-state index contributed by atoms with van der Waals surface area (Å²) >= 11 is 9.78. The predicted octanol–water partition coefficient (Wildman–Crippen LogP) is 6.61. The van der Waals surface area contributed by atoms with E-state index in [1.807, 2.05) is 31.2 Å². The number of amides is 1. The molecule has 4 rings (SSSR count). The lowest BCUT2D eigenvalue weighted by Crippen LogP contribution is -2.27. The highest BCUT2D eigenvalue weighted by Gasteiger charge is 2.35. The molecule has 7 nitrogen and oxygen atoms in total. The molecular formula is C24H20ClIN2O5S. The molecular weight excluding hydrogens is 591 g/mol. The zero-order valence-corrected chi connectivity index (χ0v) is 21.8. The summed E-state index contributed by atoms with van der Waals surface area (Å²) in [5.74, 6) is 1.59. The molecule has 10 heteroatoms. The van der Waals surface area contributed by atoms with Gasteiger partial charge in [-0.15, -0.1) is 11.8 Å². The van der Waals surface area contributed by atoms with Gasteiger partial charge < -0.3 is 9.47 Å². The van der Waals surface area contributed by atoms with Crippen LogP contribution < -0.4 is 14.4 Å². The van der Waals surface area contributed by atoms with Crippen molar-refractivity contribution < 1.29 is 19.2 Å². The van der Waals surface area contributed by atoms with E-state index in [-0.39, 0.29) is 23.6 Å². The molecule has 1 heterocycles. The molecule has 0 aromatic heterocycles. The van der Waals surface area contributed by atoms with Gasteiger partial charge in [0.05, 0.1) is 20.9 Å². The first-order valence-electron chi connectivity index (χ1n) is 10.4. The minimum absolute atomic E-state index is 0.0313. The van der Waals surface area contributed by atoms with Crippen LogP contribution in [0.15, 0.2) is 60.7 Å². The number of non-ortho nitro benzene ring substituents is 1. The molecule has 0 N–H and O–H groups in total. The molecule has 0 saturated carbocycles. The van der Waals surface area contributed by atoms with Crippen molar-refractivity contribution in [2.45, 2.75) is 18.9 Å². The average molecular weight is 611 g/mol. The van der Waals surface area contributed by atoms with Crippen molar-refractivity contribution in [2.24, 2.45) is 0 Å². The minimum atomic E-state index is -0.432. The Morgan fingerprint density at radius 3 is 2.50 bits per heavy atom. The van der Waals surface area contributed by atoms with E-state index in [0.29, 0.717) is 28.9 Å². The highest BCUT2D eigenvalue weighted by atomic mass is 127. The quantitative estimate of drug-likeness (QED) is 0.162. The maximum Gasteiger partial charge on any atom is 0.269 e. The number of carbonyl (C=O) groups is 1. The van der Waals surface area contributed by atoms with E-state index >= 15 is 0 Å². The smallest absolute Gasteiger partial charge is 0.269 e. The number of halogens is 2. The van der Waals surface area contributed by atoms with Crippen molar-refractivity contribution in [3.8, 4) is 11.5 Å². The van der Waals surface area contributed by atoms with Crippen LogP contribution in [0.5, 0.6) is 11.5 Å². The van der Waals surface area contributed by atoms with Gasteiger partial charge in [0.25, 0.3) is 5.69 Å². The number of nitro benzene ring substituents is 1. The predicted molar refractivity (Wildman–Crippen MR) is 142 cm³/mol. The molecule has 1 atom stereocenters. The van der Waals surface area contributed by atoms with Gasteiger partial charge in [0, 0.05) is 22.8 Å². The second kappa shape index (κ2) is 10.8. The summed E-state index contributed by atoms with van der Waals surface area (Å²) in [6.45, 7) is 2.58. The Morgan fingerprint density at radius 1 is 1.15 bits per heavy atom. The number of benzene rings is 3. The second-order valence-electron chi connectivity index (χ2n) is 7.38. The molecule has 1 saturated heterocycles. The summed E-state index contributed by atoms with van der Waals surface area (Å²) in [5, 5.41) is 11.3. The molecule has 1 fully saturated rings. The Bertz CT molecular complexity index is 1210. The number of nitro groups is 1. The molecule has 1 aliphatic rings. The molecule has 1 aliphatic heterocycles. The molecule has 0 radical (unpaired) electrons. The van der Waals surface area contributed by atoms with E-state index in [2.05, 4.69) is 22.6 Å². The molecule has 34 heavy (non-hydrogen) atoms. The highest BCUT2D eigenvalue weighted by Crippen LogP contribution is 2.45. The maximum atomic E-state index is 12.7. The molecule has 0 unspecified atom stereocenters. The average Bonchev–Trinajstić information content (AvgIpc) is 3.20. The first-order chi connectivity index (χ1) is 16.4. The summed E-state index contributed by atoms with van der Waals surface area (Å²) in [7, 11) is 0. The molecule has 176 valence electrons. The van der Waals surface area contributed by atoms with Gasteiger partial charge in [-0.05, 0) is 89.2 Å². The van der Waals surface area contributed by atoms with Gasteiger partial charge in [-0.25, -0.2) is 0 Å². The van der Waals surface area contributed by atoms with Crippen LogP contribution in [0.4, 0.5) is 11.4 Å². The van der Waals surface area contributed by atoms with Crippen LogP contribution in [0.3, 0.4) is 0 Å². The fourth-order valence-corrected chi connectivity index (χ4v) is 5.62. The Kier molecular flexibility index (Phi) is 7.84. The SMILES string of the molecule is CCOc1cc([C@H]2SCC(=O)N2c2ccc(Cl)cc2)cc(I)c1OCc1ccc([N+](=O)[O-])cc1. The normalized spacial score (nSPS) is 15.4. The highest BCUT2D eigenvalue weighted by molar-refractivity contribution is 14.1. The van der Waals surface area contributed by atoms with Gasteiger partial charge in [-0.1, -0.05) is 11.6 Å². The van der Waals surface area contributed by atoms with Crippen LogP contribution in [0, 0.1) is 13.7 Å². The fraction of sp³-hybridized carbons (Fsp3) is 0.208. The minimum Gasteiger partial charge on any atom is -0.490 e. The second-order valence-corrected chi connectivity index (χ2v) is 10.0. The maximum absolute atomic E-state index is 12.7. The summed E-state index contributed by atoms with van der Waals surface area (Å²) in [4.78, 5) is 24.9. The zero-order valence-electron chi connectivity index (χ0n) is 18.1. The third-order valence-corrected chi connectivity index (χ3v) is 7.39. The number of ether oxygens (including phenoxy) is 2. The lowest BCUT2D eigenvalue weighted by atomic mass is 10.1. The van der Waals surface area contributed by atoms with Crippen LogP contribution in [-0.4, -0.2) is 23.2 Å². The molecule has 0 spiro atoms. The molecule has 3 aromatic rings. The lowest BCUT2D eigenvalue weighted by Gasteiger charge is -2.25. The van der Waals surface area contributed by atoms with Crippen molar-refractivity contribution >= 4 is 63.2 Å². The summed E-state index contributed by atoms with van der Waals surface area (Å²) < 4.78 is 12.8. The number of carbonyl (C=O) groups excluding carboxylic acids is 1.